The van der Waals surface area contributed by atoms with E-state index in [2.05, 4.69) is 10.6 Å². The average molecular weight is 257 g/mol. The van der Waals surface area contributed by atoms with E-state index >= 15 is 0 Å². The minimum absolute atomic E-state index is 0.0652. The fourth-order valence-electron chi connectivity index (χ4n) is 1.88. The maximum absolute atomic E-state index is 12.0. The summed E-state index contributed by atoms with van der Waals surface area (Å²) in [5.41, 5.74) is 3.05. The molecule has 0 heterocycles. The van der Waals surface area contributed by atoms with Gasteiger partial charge in [0.15, 0.2) is 0 Å². The lowest BCUT2D eigenvalue weighted by molar-refractivity contribution is -0.112. The molecule has 0 spiro atoms. The summed E-state index contributed by atoms with van der Waals surface area (Å²) < 4.78 is 0. The number of benzene rings is 1. The molecule has 0 radical (unpaired) electrons. The molecule has 0 aliphatic heterocycles. The summed E-state index contributed by atoms with van der Waals surface area (Å²) in [6.45, 7) is 4.08. The number of carbonyl (C=O) groups is 1. The van der Waals surface area contributed by atoms with Crippen LogP contribution in [0.5, 0.6) is 0 Å². The van der Waals surface area contributed by atoms with Gasteiger partial charge in [-0.2, -0.15) is 5.26 Å². The van der Waals surface area contributed by atoms with Crippen LogP contribution in [0.15, 0.2) is 30.0 Å². The van der Waals surface area contributed by atoms with Crippen molar-refractivity contribution in [1.82, 2.24) is 5.32 Å². The van der Waals surface area contributed by atoms with E-state index in [1.54, 1.807) is 7.05 Å². The van der Waals surface area contributed by atoms with Crippen molar-refractivity contribution in [2.24, 2.45) is 0 Å². The number of amides is 1. The van der Waals surface area contributed by atoms with E-state index in [-0.39, 0.29) is 11.5 Å². The van der Waals surface area contributed by atoms with Crippen molar-refractivity contribution < 1.29 is 4.79 Å². The Morgan fingerprint density at radius 2 is 1.89 bits per heavy atom. The van der Waals surface area contributed by atoms with Gasteiger partial charge in [-0.1, -0.05) is 32.0 Å². The molecule has 0 aliphatic rings. The van der Waals surface area contributed by atoms with Crippen molar-refractivity contribution in [2.75, 3.05) is 12.4 Å². The number of nitriles is 1. The first-order chi connectivity index (χ1) is 9.17. The van der Waals surface area contributed by atoms with Gasteiger partial charge in [0.2, 0.25) is 0 Å². The van der Waals surface area contributed by atoms with Gasteiger partial charge in [0.25, 0.3) is 5.91 Å². The molecule has 4 nitrogen and oxygen atoms in total. The smallest absolute Gasteiger partial charge is 0.267 e. The van der Waals surface area contributed by atoms with E-state index in [9.17, 15) is 4.79 Å². The van der Waals surface area contributed by atoms with Crippen LogP contribution in [0.4, 0.5) is 5.69 Å². The van der Waals surface area contributed by atoms with Crippen LogP contribution in [0.2, 0.25) is 0 Å². The summed E-state index contributed by atoms with van der Waals surface area (Å²) in [4.78, 5) is 12.0. The minimum Gasteiger partial charge on any atom is -0.393 e. The minimum atomic E-state index is -0.382. The Balaban J connectivity index is 3.09. The molecule has 100 valence electrons. The zero-order valence-corrected chi connectivity index (χ0v) is 11.6. The second-order valence-electron chi connectivity index (χ2n) is 4.07. The lowest BCUT2D eigenvalue weighted by Crippen LogP contribution is -2.17. The van der Waals surface area contributed by atoms with E-state index in [0.29, 0.717) is 0 Å². The molecule has 2 N–H and O–H groups in total. The highest BCUT2D eigenvalue weighted by molar-refractivity contribution is 6.07. The first-order valence-corrected chi connectivity index (χ1v) is 6.37. The first-order valence-electron chi connectivity index (χ1n) is 6.37. The summed E-state index contributed by atoms with van der Waals surface area (Å²) >= 11 is 0. The molecule has 0 aromatic heterocycles. The SMILES string of the molecule is CCc1cccc(CC)c1NC(=O)/C(C#N)=C\NC. The van der Waals surface area contributed by atoms with Gasteiger partial charge in [0, 0.05) is 18.9 Å². The lowest BCUT2D eigenvalue weighted by atomic mass is 10.0. The van der Waals surface area contributed by atoms with Crippen LogP contribution >= 0.6 is 0 Å². The fraction of sp³-hybridized carbons (Fsp3) is 0.333. The standard InChI is InChI=1S/C15H19N3O/c1-4-11-7-6-8-12(5-2)14(11)18-15(19)13(9-16)10-17-3/h6-8,10,17H,4-5H2,1-3H3,(H,18,19)/b13-10-. The van der Waals surface area contributed by atoms with Crippen molar-refractivity contribution in [3.63, 3.8) is 0 Å². The van der Waals surface area contributed by atoms with Crippen LogP contribution in [0.3, 0.4) is 0 Å². The summed E-state index contributed by atoms with van der Waals surface area (Å²) in [7, 11) is 1.65. The second kappa shape index (κ2) is 7.22. The molecule has 19 heavy (non-hydrogen) atoms. The topological polar surface area (TPSA) is 64.9 Å². The van der Waals surface area contributed by atoms with Gasteiger partial charge in [-0.05, 0) is 24.0 Å². The number of para-hydroxylation sites is 1. The van der Waals surface area contributed by atoms with Crippen molar-refractivity contribution in [3.8, 4) is 6.07 Å². The van der Waals surface area contributed by atoms with Crippen LogP contribution in [0, 0.1) is 11.3 Å². The zero-order valence-electron chi connectivity index (χ0n) is 11.6. The van der Waals surface area contributed by atoms with Crippen molar-refractivity contribution in [2.45, 2.75) is 26.7 Å². The molecule has 0 atom stereocenters. The van der Waals surface area contributed by atoms with Gasteiger partial charge in [-0.25, -0.2) is 0 Å². The molecule has 1 aromatic rings. The molecule has 1 rings (SSSR count). The molecule has 4 heteroatoms. The molecular weight excluding hydrogens is 238 g/mol. The molecule has 0 saturated heterocycles. The van der Waals surface area contributed by atoms with Crippen molar-refractivity contribution >= 4 is 11.6 Å². The maximum Gasteiger partial charge on any atom is 0.267 e. The fourth-order valence-corrected chi connectivity index (χ4v) is 1.88. The number of hydrogen-bond donors (Lipinski definition) is 2. The Morgan fingerprint density at radius 1 is 1.32 bits per heavy atom. The monoisotopic (exact) mass is 257 g/mol. The largest absolute Gasteiger partial charge is 0.393 e. The summed E-state index contributed by atoms with van der Waals surface area (Å²) in [6.07, 6.45) is 3.07. The number of nitrogens with zero attached hydrogens (tertiary/aromatic N) is 1. The summed E-state index contributed by atoms with van der Waals surface area (Å²) in [6, 6.07) is 7.85. The van der Waals surface area contributed by atoms with E-state index in [1.165, 1.54) is 6.20 Å². The third-order valence-corrected chi connectivity index (χ3v) is 2.89. The second-order valence-corrected chi connectivity index (χ2v) is 4.07. The van der Waals surface area contributed by atoms with Crippen LogP contribution in [0.25, 0.3) is 0 Å². The number of carbonyl (C=O) groups excluding carboxylic acids is 1. The molecular formula is C15H19N3O. The van der Waals surface area contributed by atoms with E-state index < -0.39 is 0 Å². The highest BCUT2D eigenvalue weighted by Crippen LogP contribution is 2.23. The first kappa shape index (κ1) is 14.8. The number of hydrogen-bond acceptors (Lipinski definition) is 3. The average Bonchev–Trinajstić information content (AvgIpc) is 2.44. The number of anilines is 1. The maximum atomic E-state index is 12.0. The van der Waals surface area contributed by atoms with Crippen molar-refractivity contribution in [1.29, 1.82) is 5.26 Å². The summed E-state index contributed by atoms with van der Waals surface area (Å²) in [5, 5.41) is 14.5. The van der Waals surface area contributed by atoms with Crippen LogP contribution in [0.1, 0.15) is 25.0 Å². The molecule has 0 fully saturated rings. The van der Waals surface area contributed by atoms with E-state index in [4.69, 9.17) is 5.26 Å². The predicted octanol–water partition coefficient (Wildman–Crippen LogP) is 2.38. The Labute approximate surface area is 114 Å². The van der Waals surface area contributed by atoms with E-state index in [0.717, 1.165) is 29.7 Å². The van der Waals surface area contributed by atoms with Crippen LogP contribution in [-0.2, 0) is 17.6 Å². The third kappa shape index (κ3) is 3.59. The van der Waals surface area contributed by atoms with Gasteiger partial charge >= 0.3 is 0 Å². The normalized spacial score (nSPS) is 10.7. The summed E-state index contributed by atoms with van der Waals surface area (Å²) in [5.74, 6) is -0.382. The Morgan fingerprint density at radius 3 is 2.32 bits per heavy atom. The molecule has 0 saturated carbocycles. The van der Waals surface area contributed by atoms with Crippen LogP contribution in [-0.4, -0.2) is 13.0 Å². The highest BCUT2D eigenvalue weighted by Gasteiger charge is 2.13. The van der Waals surface area contributed by atoms with Gasteiger partial charge in [0.05, 0.1) is 0 Å². The highest BCUT2D eigenvalue weighted by atomic mass is 16.1. The van der Waals surface area contributed by atoms with Gasteiger partial charge in [-0.3, -0.25) is 4.79 Å². The molecule has 0 bridgehead atoms. The molecule has 0 aliphatic carbocycles. The van der Waals surface area contributed by atoms with Crippen LogP contribution < -0.4 is 10.6 Å². The van der Waals surface area contributed by atoms with Gasteiger partial charge in [0.1, 0.15) is 11.6 Å². The Kier molecular flexibility index (Phi) is 5.62. The number of aryl methyl sites for hydroxylation is 2. The Hall–Kier alpha value is -2.28. The van der Waals surface area contributed by atoms with Gasteiger partial charge in [-0.15, -0.1) is 0 Å². The van der Waals surface area contributed by atoms with E-state index in [1.807, 2.05) is 38.1 Å². The number of nitrogens with one attached hydrogen (secondary N) is 2. The lowest BCUT2D eigenvalue weighted by Gasteiger charge is -2.14. The molecule has 1 amide bonds. The molecule has 1 aromatic carbocycles. The van der Waals surface area contributed by atoms with Gasteiger partial charge < -0.3 is 10.6 Å². The predicted molar refractivity (Wildman–Crippen MR) is 76.6 cm³/mol. The quantitative estimate of drug-likeness (QED) is 0.628. The number of rotatable bonds is 5. The third-order valence-electron chi connectivity index (χ3n) is 2.89. The van der Waals surface area contributed by atoms with Crippen molar-refractivity contribution in [3.05, 3.63) is 41.1 Å². The zero-order chi connectivity index (χ0) is 14.3. The Bertz CT molecular complexity index is 504. The molecule has 0 unspecified atom stereocenters.